The van der Waals surface area contributed by atoms with E-state index in [1.165, 1.54) is 18.0 Å². The Morgan fingerprint density at radius 1 is 1.38 bits per heavy atom. The summed E-state index contributed by atoms with van der Waals surface area (Å²) in [6, 6.07) is 7.42. The van der Waals surface area contributed by atoms with Gasteiger partial charge >= 0.3 is 0 Å². The number of ether oxygens (including phenoxy) is 2. The van der Waals surface area contributed by atoms with Crippen LogP contribution >= 0.6 is 11.8 Å². The Balaban J connectivity index is 1.33. The molecule has 0 saturated heterocycles. The Kier molecular flexibility index (Phi) is 5.75. The Bertz CT molecular complexity index is 986. The van der Waals surface area contributed by atoms with Crippen LogP contribution in [0.3, 0.4) is 0 Å². The van der Waals surface area contributed by atoms with E-state index in [0.717, 1.165) is 29.0 Å². The molecule has 8 nitrogen and oxygen atoms in total. The first-order chi connectivity index (χ1) is 14.1. The van der Waals surface area contributed by atoms with Gasteiger partial charge in [-0.1, -0.05) is 11.8 Å². The highest BCUT2D eigenvalue weighted by molar-refractivity contribution is 7.99. The van der Waals surface area contributed by atoms with Crippen LogP contribution in [0.5, 0.6) is 11.5 Å². The molecule has 152 valence electrons. The molecule has 1 amide bonds. The first kappa shape index (κ1) is 19.4. The summed E-state index contributed by atoms with van der Waals surface area (Å²) < 4.78 is 22.3. The van der Waals surface area contributed by atoms with E-state index in [4.69, 9.17) is 18.3 Å². The molecule has 3 aromatic rings. The molecule has 3 heterocycles. The van der Waals surface area contributed by atoms with Crippen molar-refractivity contribution >= 4 is 17.7 Å². The summed E-state index contributed by atoms with van der Waals surface area (Å²) in [5.41, 5.74) is 2.02. The number of benzene rings is 1. The average Bonchev–Trinajstić information content (AvgIpc) is 3.44. The number of aromatic nitrogens is 2. The summed E-state index contributed by atoms with van der Waals surface area (Å²) in [5, 5.41) is 11.0. The molecule has 0 spiro atoms. The molecule has 0 radical (unpaired) electrons. The van der Waals surface area contributed by atoms with Gasteiger partial charge in [0, 0.05) is 24.1 Å². The monoisotopic (exact) mass is 415 g/mol. The molecule has 0 unspecified atom stereocenters. The lowest BCUT2D eigenvalue weighted by atomic mass is 10.1. The third-order valence-electron chi connectivity index (χ3n) is 4.32. The third kappa shape index (κ3) is 4.56. The maximum Gasteiger partial charge on any atom is 0.284 e. The summed E-state index contributed by atoms with van der Waals surface area (Å²) in [6.07, 6.45) is 2.55. The zero-order chi connectivity index (χ0) is 20.2. The van der Waals surface area contributed by atoms with Gasteiger partial charge in [0.25, 0.3) is 11.1 Å². The Morgan fingerprint density at radius 2 is 2.28 bits per heavy atom. The molecule has 0 fully saturated rings. The van der Waals surface area contributed by atoms with Crippen LogP contribution < -0.4 is 14.8 Å². The van der Waals surface area contributed by atoms with Gasteiger partial charge < -0.3 is 23.6 Å². The standard InChI is InChI=1S/C20H21N3O5S/c1-3-25-16-8-13-7-12(2)27-17(13)9-14(16)10-21-18(24)11-29-20-23-22-19(28-20)15-5-4-6-26-15/h4-6,8-9,12H,3,7,10-11H2,1-2H3,(H,21,24)/t12-/m0/s1. The highest BCUT2D eigenvalue weighted by Gasteiger charge is 2.22. The summed E-state index contributed by atoms with van der Waals surface area (Å²) >= 11 is 1.17. The molecular weight excluding hydrogens is 394 g/mol. The molecule has 4 rings (SSSR count). The summed E-state index contributed by atoms with van der Waals surface area (Å²) in [4.78, 5) is 12.3. The fourth-order valence-electron chi connectivity index (χ4n) is 3.05. The maximum absolute atomic E-state index is 12.3. The van der Waals surface area contributed by atoms with E-state index in [-0.39, 0.29) is 23.7 Å². The van der Waals surface area contributed by atoms with Crippen LogP contribution in [-0.4, -0.2) is 34.6 Å². The number of fused-ring (bicyclic) bond motifs is 1. The Morgan fingerprint density at radius 3 is 3.07 bits per heavy atom. The van der Waals surface area contributed by atoms with Crippen LogP contribution in [0.15, 0.2) is 44.6 Å². The van der Waals surface area contributed by atoms with Gasteiger partial charge in [0.15, 0.2) is 5.76 Å². The average molecular weight is 415 g/mol. The summed E-state index contributed by atoms with van der Waals surface area (Å²) in [6.45, 7) is 4.88. The molecule has 1 atom stereocenters. The number of nitrogens with zero attached hydrogens (tertiary/aromatic N) is 2. The zero-order valence-electron chi connectivity index (χ0n) is 16.1. The van der Waals surface area contributed by atoms with E-state index in [1.54, 1.807) is 12.1 Å². The van der Waals surface area contributed by atoms with Crippen molar-refractivity contribution in [3.8, 4) is 23.1 Å². The van der Waals surface area contributed by atoms with Crippen LogP contribution in [-0.2, 0) is 17.8 Å². The largest absolute Gasteiger partial charge is 0.494 e. The molecule has 1 N–H and O–H groups in total. The second-order valence-corrected chi connectivity index (χ2v) is 7.48. The fraction of sp³-hybridized carbons (Fsp3) is 0.350. The summed E-state index contributed by atoms with van der Waals surface area (Å²) in [5.74, 6) is 2.41. The predicted molar refractivity (Wildman–Crippen MR) is 106 cm³/mol. The summed E-state index contributed by atoms with van der Waals surface area (Å²) in [7, 11) is 0. The minimum Gasteiger partial charge on any atom is -0.494 e. The van der Waals surface area contributed by atoms with E-state index in [0.29, 0.717) is 24.1 Å². The Hall–Kier alpha value is -2.94. The Labute approximate surface area is 172 Å². The van der Waals surface area contributed by atoms with Crippen LogP contribution in [0.2, 0.25) is 0 Å². The second-order valence-electron chi connectivity index (χ2n) is 6.55. The topological polar surface area (TPSA) is 99.6 Å². The van der Waals surface area contributed by atoms with Gasteiger partial charge in [0.05, 0.1) is 18.6 Å². The van der Waals surface area contributed by atoms with Crippen molar-refractivity contribution in [3.63, 3.8) is 0 Å². The van der Waals surface area contributed by atoms with Gasteiger partial charge in [-0.15, -0.1) is 10.2 Å². The van der Waals surface area contributed by atoms with Crippen LogP contribution in [0, 0.1) is 0 Å². The minimum absolute atomic E-state index is 0.148. The molecule has 1 aromatic carbocycles. The van der Waals surface area contributed by atoms with E-state index < -0.39 is 0 Å². The first-order valence-corrected chi connectivity index (χ1v) is 10.3. The van der Waals surface area contributed by atoms with Gasteiger partial charge in [-0.25, -0.2) is 0 Å². The number of hydrogen-bond acceptors (Lipinski definition) is 8. The SMILES string of the molecule is CCOc1cc2c(cc1CNC(=O)CSc1nnc(-c3ccco3)o1)O[C@@H](C)C2. The fourth-order valence-corrected chi connectivity index (χ4v) is 3.64. The van der Waals surface area contributed by atoms with Gasteiger partial charge in [-0.05, 0) is 38.1 Å². The van der Waals surface area contributed by atoms with Crippen molar-refractivity contribution < 1.29 is 23.1 Å². The van der Waals surface area contributed by atoms with E-state index in [2.05, 4.69) is 15.5 Å². The molecule has 1 aliphatic heterocycles. The zero-order valence-corrected chi connectivity index (χ0v) is 17.0. The number of carbonyl (C=O) groups excluding carboxylic acids is 1. The second kappa shape index (κ2) is 8.60. The molecule has 0 saturated carbocycles. The lowest BCUT2D eigenvalue weighted by Crippen LogP contribution is -2.25. The third-order valence-corrected chi connectivity index (χ3v) is 5.14. The lowest BCUT2D eigenvalue weighted by Gasteiger charge is -2.13. The van der Waals surface area contributed by atoms with Crippen molar-refractivity contribution in [1.29, 1.82) is 0 Å². The van der Waals surface area contributed by atoms with Gasteiger partial charge in [0.1, 0.15) is 17.6 Å². The minimum atomic E-state index is -0.148. The normalized spacial score (nSPS) is 15.0. The molecule has 1 aliphatic rings. The van der Waals surface area contributed by atoms with Crippen LogP contribution in [0.4, 0.5) is 0 Å². The van der Waals surface area contributed by atoms with E-state index >= 15 is 0 Å². The van der Waals surface area contributed by atoms with Gasteiger partial charge in [0.2, 0.25) is 5.91 Å². The highest BCUT2D eigenvalue weighted by atomic mass is 32.2. The number of hydrogen-bond donors (Lipinski definition) is 1. The van der Waals surface area contributed by atoms with Gasteiger partial charge in [-0.2, -0.15) is 0 Å². The van der Waals surface area contributed by atoms with Crippen LogP contribution in [0.1, 0.15) is 25.0 Å². The number of furan rings is 1. The molecule has 0 bridgehead atoms. The quantitative estimate of drug-likeness (QED) is 0.559. The van der Waals surface area contributed by atoms with Crippen molar-refractivity contribution in [2.45, 2.75) is 38.1 Å². The molecule has 0 aliphatic carbocycles. The highest BCUT2D eigenvalue weighted by Crippen LogP contribution is 2.35. The van der Waals surface area contributed by atoms with Gasteiger partial charge in [-0.3, -0.25) is 4.79 Å². The number of thioether (sulfide) groups is 1. The number of amides is 1. The maximum atomic E-state index is 12.3. The molecule has 2 aromatic heterocycles. The van der Waals surface area contributed by atoms with Crippen molar-refractivity contribution in [3.05, 3.63) is 41.7 Å². The lowest BCUT2D eigenvalue weighted by molar-refractivity contribution is -0.118. The van der Waals surface area contributed by atoms with Crippen molar-refractivity contribution in [2.75, 3.05) is 12.4 Å². The number of carbonyl (C=O) groups is 1. The number of nitrogens with one attached hydrogen (secondary N) is 1. The number of rotatable bonds is 8. The van der Waals surface area contributed by atoms with E-state index in [1.807, 2.05) is 26.0 Å². The smallest absolute Gasteiger partial charge is 0.284 e. The molecular formula is C20H21N3O5S. The molecule has 9 heteroatoms. The predicted octanol–water partition coefficient (Wildman–Crippen LogP) is 3.46. The molecule has 29 heavy (non-hydrogen) atoms. The van der Waals surface area contributed by atoms with Crippen molar-refractivity contribution in [2.24, 2.45) is 0 Å². The van der Waals surface area contributed by atoms with Crippen molar-refractivity contribution in [1.82, 2.24) is 15.5 Å². The van der Waals surface area contributed by atoms with E-state index in [9.17, 15) is 4.79 Å². The first-order valence-electron chi connectivity index (χ1n) is 9.34. The van der Waals surface area contributed by atoms with Crippen LogP contribution in [0.25, 0.3) is 11.7 Å².